The molecule has 1 aromatic heterocycles. The summed E-state index contributed by atoms with van der Waals surface area (Å²) in [6, 6.07) is 17.3. The molecular weight excluding hydrogens is 350 g/mol. The molecule has 0 spiro atoms. The van der Waals surface area contributed by atoms with Crippen molar-refractivity contribution in [2.75, 3.05) is 5.73 Å². The van der Waals surface area contributed by atoms with Crippen molar-refractivity contribution in [2.45, 2.75) is 0 Å². The minimum absolute atomic E-state index is 0.248. The van der Waals surface area contributed by atoms with Gasteiger partial charge in [0.25, 0.3) is 0 Å². The number of aromatic nitrogens is 2. The summed E-state index contributed by atoms with van der Waals surface area (Å²) in [5.41, 5.74) is 9.33. The Morgan fingerprint density at radius 3 is 2.19 bits per heavy atom. The lowest BCUT2D eigenvalue weighted by Crippen LogP contribution is -1.98. The Morgan fingerprint density at radius 1 is 0.857 bits per heavy atom. The Morgan fingerprint density at radius 2 is 1.52 bits per heavy atom. The summed E-state index contributed by atoms with van der Waals surface area (Å²) >= 11 is 9.37. The van der Waals surface area contributed by atoms with Gasteiger partial charge in [0.1, 0.15) is 0 Å². The predicted octanol–water partition coefficient (Wildman–Crippen LogP) is 4.81. The molecule has 1 heterocycles. The molecule has 0 radical (unpaired) electrons. The van der Waals surface area contributed by atoms with Crippen molar-refractivity contribution in [1.29, 1.82) is 0 Å². The van der Waals surface area contributed by atoms with E-state index < -0.39 is 0 Å². The molecule has 3 aromatic rings. The third kappa shape index (κ3) is 3.23. The highest BCUT2D eigenvalue weighted by molar-refractivity contribution is 9.10. The van der Waals surface area contributed by atoms with Crippen LogP contribution in [0.25, 0.3) is 22.5 Å². The lowest BCUT2D eigenvalue weighted by molar-refractivity contribution is 1.19. The minimum Gasteiger partial charge on any atom is -0.368 e. The van der Waals surface area contributed by atoms with E-state index in [1.165, 1.54) is 0 Å². The topological polar surface area (TPSA) is 51.8 Å². The number of halogens is 2. The molecule has 0 aliphatic carbocycles. The van der Waals surface area contributed by atoms with Gasteiger partial charge in [-0.05, 0) is 30.3 Å². The summed E-state index contributed by atoms with van der Waals surface area (Å²) in [6.45, 7) is 0. The van der Waals surface area contributed by atoms with Crippen LogP contribution in [0.15, 0.2) is 59.1 Å². The van der Waals surface area contributed by atoms with E-state index in [4.69, 9.17) is 17.3 Å². The molecule has 0 bridgehead atoms. The average Bonchev–Trinajstić information content (AvgIpc) is 2.47. The SMILES string of the molecule is Nc1nc(-c2ccc(Cl)cc2)cc(-c2cccc(Br)c2)n1. The van der Waals surface area contributed by atoms with Crippen molar-refractivity contribution in [3.8, 4) is 22.5 Å². The highest BCUT2D eigenvalue weighted by Gasteiger charge is 2.07. The Labute approximate surface area is 135 Å². The second kappa shape index (κ2) is 5.84. The normalized spacial score (nSPS) is 10.6. The zero-order valence-corrected chi connectivity index (χ0v) is 13.3. The molecule has 0 saturated heterocycles. The van der Waals surface area contributed by atoms with Crippen molar-refractivity contribution in [2.24, 2.45) is 0 Å². The van der Waals surface area contributed by atoms with E-state index >= 15 is 0 Å². The molecule has 0 fully saturated rings. The highest BCUT2D eigenvalue weighted by atomic mass is 79.9. The van der Waals surface area contributed by atoms with Crippen LogP contribution >= 0.6 is 27.5 Å². The van der Waals surface area contributed by atoms with Crippen molar-refractivity contribution in [3.05, 3.63) is 64.1 Å². The van der Waals surface area contributed by atoms with Gasteiger partial charge in [-0.15, -0.1) is 0 Å². The summed E-state index contributed by atoms with van der Waals surface area (Å²) in [7, 11) is 0. The van der Waals surface area contributed by atoms with E-state index in [9.17, 15) is 0 Å². The van der Waals surface area contributed by atoms with Gasteiger partial charge in [0.2, 0.25) is 5.95 Å². The Bertz CT molecular complexity index is 788. The van der Waals surface area contributed by atoms with E-state index in [-0.39, 0.29) is 5.95 Å². The van der Waals surface area contributed by atoms with E-state index in [2.05, 4.69) is 25.9 Å². The van der Waals surface area contributed by atoms with Crippen molar-refractivity contribution < 1.29 is 0 Å². The maximum absolute atomic E-state index is 5.91. The number of anilines is 1. The van der Waals surface area contributed by atoms with Gasteiger partial charge in [0.15, 0.2) is 0 Å². The lowest BCUT2D eigenvalue weighted by atomic mass is 10.1. The molecule has 0 aliphatic rings. The van der Waals surface area contributed by atoms with Gasteiger partial charge in [0, 0.05) is 20.6 Å². The van der Waals surface area contributed by atoms with Crippen LogP contribution in [-0.4, -0.2) is 9.97 Å². The number of nitrogens with zero attached hydrogens (tertiary/aromatic N) is 2. The molecule has 0 atom stereocenters. The third-order valence-electron chi connectivity index (χ3n) is 3.00. The molecule has 5 heteroatoms. The van der Waals surface area contributed by atoms with Crippen LogP contribution in [0.5, 0.6) is 0 Å². The first kappa shape index (κ1) is 14.0. The van der Waals surface area contributed by atoms with Gasteiger partial charge in [-0.1, -0.05) is 51.8 Å². The zero-order valence-electron chi connectivity index (χ0n) is 10.9. The molecule has 0 amide bonds. The third-order valence-corrected chi connectivity index (χ3v) is 3.75. The first-order valence-electron chi connectivity index (χ1n) is 6.28. The average molecular weight is 361 g/mol. The molecule has 3 rings (SSSR count). The second-order valence-electron chi connectivity index (χ2n) is 4.51. The second-order valence-corrected chi connectivity index (χ2v) is 5.87. The van der Waals surface area contributed by atoms with Crippen LogP contribution in [0, 0.1) is 0 Å². The quantitative estimate of drug-likeness (QED) is 0.713. The van der Waals surface area contributed by atoms with Crippen LogP contribution in [0.2, 0.25) is 5.02 Å². The van der Waals surface area contributed by atoms with Gasteiger partial charge in [-0.2, -0.15) is 0 Å². The fourth-order valence-corrected chi connectivity index (χ4v) is 2.56. The molecule has 21 heavy (non-hydrogen) atoms. The molecule has 0 aliphatic heterocycles. The van der Waals surface area contributed by atoms with Gasteiger partial charge < -0.3 is 5.73 Å². The summed E-state index contributed by atoms with van der Waals surface area (Å²) in [6.07, 6.45) is 0. The zero-order chi connectivity index (χ0) is 14.8. The summed E-state index contributed by atoms with van der Waals surface area (Å²) in [4.78, 5) is 8.60. The van der Waals surface area contributed by atoms with Gasteiger partial charge in [0.05, 0.1) is 11.4 Å². The number of hydrogen-bond donors (Lipinski definition) is 1. The number of hydrogen-bond acceptors (Lipinski definition) is 3. The number of nitrogen functional groups attached to an aromatic ring is 1. The number of rotatable bonds is 2. The molecular formula is C16H11BrClN3. The Kier molecular flexibility index (Phi) is 3.90. The van der Waals surface area contributed by atoms with Crippen LogP contribution in [0.3, 0.4) is 0 Å². The van der Waals surface area contributed by atoms with Gasteiger partial charge >= 0.3 is 0 Å². The van der Waals surface area contributed by atoms with Crippen molar-refractivity contribution in [1.82, 2.24) is 9.97 Å². The summed E-state index contributed by atoms with van der Waals surface area (Å²) in [5, 5.41) is 0.688. The maximum Gasteiger partial charge on any atom is 0.221 e. The first-order valence-corrected chi connectivity index (χ1v) is 7.45. The van der Waals surface area contributed by atoms with E-state index in [0.29, 0.717) is 5.02 Å². The molecule has 2 N–H and O–H groups in total. The lowest BCUT2D eigenvalue weighted by Gasteiger charge is -2.07. The van der Waals surface area contributed by atoms with E-state index in [0.717, 1.165) is 27.0 Å². The van der Waals surface area contributed by atoms with Crippen LogP contribution in [0.1, 0.15) is 0 Å². The molecule has 2 aromatic carbocycles. The Balaban J connectivity index is 2.10. The highest BCUT2D eigenvalue weighted by Crippen LogP contribution is 2.26. The van der Waals surface area contributed by atoms with Gasteiger partial charge in [-0.3, -0.25) is 0 Å². The fourth-order valence-electron chi connectivity index (χ4n) is 2.03. The van der Waals surface area contributed by atoms with Crippen molar-refractivity contribution in [3.63, 3.8) is 0 Å². The van der Waals surface area contributed by atoms with Crippen LogP contribution in [0.4, 0.5) is 5.95 Å². The summed E-state index contributed by atoms with van der Waals surface area (Å²) in [5.74, 6) is 0.248. The maximum atomic E-state index is 5.91. The van der Waals surface area contributed by atoms with Crippen LogP contribution in [-0.2, 0) is 0 Å². The standard InChI is InChI=1S/C16H11BrClN3/c17-12-3-1-2-11(8-12)15-9-14(20-16(19)21-15)10-4-6-13(18)7-5-10/h1-9H,(H2,19,20,21). The largest absolute Gasteiger partial charge is 0.368 e. The number of benzene rings is 2. The summed E-state index contributed by atoms with van der Waals surface area (Å²) < 4.78 is 0.991. The Hall–Kier alpha value is -1.91. The van der Waals surface area contributed by atoms with E-state index in [1.54, 1.807) is 0 Å². The van der Waals surface area contributed by atoms with Crippen LogP contribution < -0.4 is 5.73 Å². The molecule has 3 nitrogen and oxygen atoms in total. The predicted molar refractivity (Wildman–Crippen MR) is 90.0 cm³/mol. The van der Waals surface area contributed by atoms with Gasteiger partial charge in [-0.25, -0.2) is 9.97 Å². The first-order chi connectivity index (χ1) is 10.1. The number of nitrogens with two attached hydrogens (primary N) is 1. The minimum atomic E-state index is 0.248. The van der Waals surface area contributed by atoms with Crippen molar-refractivity contribution >= 4 is 33.5 Å². The monoisotopic (exact) mass is 359 g/mol. The smallest absolute Gasteiger partial charge is 0.221 e. The molecule has 0 unspecified atom stereocenters. The molecule has 104 valence electrons. The fraction of sp³-hybridized carbons (Fsp3) is 0. The molecule has 0 saturated carbocycles. The van der Waals surface area contributed by atoms with E-state index in [1.807, 2.05) is 54.6 Å².